The molecule has 9 rings (SSSR count). The van der Waals surface area contributed by atoms with Crippen LogP contribution < -0.4 is 45.3 Å². The van der Waals surface area contributed by atoms with Crippen molar-refractivity contribution in [2.75, 3.05) is 164 Å². The second-order valence-electron chi connectivity index (χ2n) is 50.5. The van der Waals surface area contributed by atoms with Gasteiger partial charge in [0, 0.05) is 182 Å². The summed E-state index contributed by atoms with van der Waals surface area (Å²) in [6.45, 7) is 96.2. The molecule has 0 aromatic carbocycles. The zero-order valence-electron chi connectivity index (χ0n) is 98.3. The molecule has 6 aliphatic heterocycles. The van der Waals surface area contributed by atoms with Crippen LogP contribution in [-0.2, 0) is 29.0 Å². The molecule has 3 atom stereocenters. The maximum Gasteiger partial charge on any atom is 0.232 e. The molecule has 0 aliphatic carbocycles. The largest absolute Gasteiger partial charge is 0.353 e. The van der Waals surface area contributed by atoms with E-state index in [0.29, 0.717) is 103 Å². The van der Waals surface area contributed by atoms with Crippen LogP contribution >= 0.6 is 0 Å². The van der Waals surface area contributed by atoms with Crippen molar-refractivity contribution in [3.8, 4) is 0 Å². The topological polar surface area (TPSA) is 250 Å². The summed E-state index contributed by atoms with van der Waals surface area (Å²) in [4.78, 5) is 110. The number of hydroxylamine groups is 12. The number of hydrogen-bond donors (Lipinski definition) is 3. The highest BCUT2D eigenvalue weighted by Crippen LogP contribution is 2.50. The van der Waals surface area contributed by atoms with Gasteiger partial charge in [0.1, 0.15) is 0 Å². The minimum atomic E-state index is -0.288. The molecule has 0 saturated carbocycles. The van der Waals surface area contributed by atoms with Crippen molar-refractivity contribution in [1.82, 2.24) is 80.1 Å². The van der Waals surface area contributed by atoms with E-state index < -0.39 is 0 Å². The van der Waals surface area contributed by atoms with Crippen molar-refractivity contribution in [1.29, 1.82) is 0 Å². The third kappa shape index (κ3) is 32.2. The van der Waals surface area contributed by atoms with E-state index in [1.54, 1.807) is 0 Å². The number of hydrogen-bond acceptors (Lipinski definition) is 31. The molecular weight excluding hydrogens is 1790 g/mol. The van der Waals surface area contributed by atoms with Crippen LogP contribution in [0, 0.1) is 5.92 Å². The summed E-state index contributed by atoms with van der Waals surface area (Å²) in [5.41, 5.74) is -3.16. The Morgan fingerprint density at radius 3 is 0.608 bits per heavy atom. The summed E-state index contributed by atoms with van der Waals surface area (Å²) < 4.78 is 0. The number of anilines is 9. The van der Waals surface area contributed by atoms with E-state index in [2.05, 4.69) is 330 Å². The second-order valence-corrected chi connectivity index (χ2v) is 50.5. The molecule has 9 heterocycles. The smallest absolute Gasteiger partial charge is 0.232 e. The van der Waals surface area contributed by atoms with Crippen LogP contribution in [0.1, 0.15) is 442 Å². The van der Waals surface area contributed by atoms with Gasteiger partial charge in [0.15, 0.2) is 0 Å². The molecule has 143 heavy (non-hydrogen) atoms. The molecular formula is C112H215N25O6. The molecule has 0 amide bonds. The Kier molecular flexibility index (Phi) is 45.4. The van der Waals surface area contributed by atoms with Gasteiger partial charge in [-0.3, -0.25) is 33.9 Å². The Labute approximate surface area is 872 Å². The van der Waals surface area contributed by atoms with Gasteiger partial charge < -0.3 is 45.3 Å². The SMILES string of the molecule is CCCCN(c1nc(NCCN(CCNc2nc(N(CCCC)C3CC(C)(C)N(OCCC)C(C)(C)C3)nc(N(CCCC)C3CC(C)(C)N(OCCC)C(C)(C)C3)n2)CCNc2nc(N(CCCC)C3CC(C)(C)N(OCCC)C(C)(C)C3)nc(N(CCCC)C3CC(C)(C)N(OCCC)C(C)(C)C3)n2)nc(N(CCCC)C2CC(C)(C)N(OCCC)C(C)(C)C2)n1)C1CC(C)C(C)N(OCCC)C(C)(C)C1. The maximum atomic E-state index is 6.78. The van der Waals surface area contributed by atoms with Crippen LogP contribution in [0.25, 0.3) is 0 Å². The Morgan fingerprint density at radius 2 is 0.420 bits per heavy atom. The highest BCUT2D eigenvalue weighted by molar-refractivity contribution is 5.51. The lowest BCUT2D eigenvalue weighted by Gasteiger charge is -2.56. The van der Waals surface area contributed by atoms with Crippen LogP contribution in [0.2, 0.25) is 0 Å². The molecule has 6 fully saturated rings. The number of piperidine rings is 5. The average Bonchev–Trinajstić information content (AvgIpc) is 1.68. The van der Waals surface area contributed by atoms with Gasteiger partial charge >= 0.3 is 0 Å². The van der Waals surface area contributed by atoms with Crippen molar-refractivity contribution < 1.29 is 29.0 Å². The van der Waals surface area contributed by atoms with Gasteiger partial charge in [-0.1, -0.05) is 129 Å². The van der Waals surface area contributed by atoms with Crippen LogP contribution in [0.5, 0.6) is 0 Å². The van der Waals surface area contributed by atoms with E-state index in [1.165, 1.54) is 0 Å². The predicted octanol–water partition coefficient (Wildman–Crippen LogP) is 23.2. The predicted molar refractivity (Wildman–Crippen MR) is 595 cm³/mol. The van der Waals surface area contributed by atoms with Crippen molar-refractivity contribution in [2.45, 2.75) is 545 Å². The van der Waals surface area contributed by atoms with Crippen molar-refractivity contribution in [2.24, 2.45) is 5.92 Å². The summed E-state index contributed by atoms with van der Waals surface area (Å²) in [5, 5.41) is 25.9. The molecule has 6 saturated heterocycles. The second kappa shape index (κ2) is 53.6. The normalized spacial score (nSPS) is 22.8. The van der Waals surface area contributed by atoms with E-state index in [9.17, 15) is 0 Å². The zero-order chi connectivity index (χ0) is 105. The monoisotopic (exact) mass is 2010 g/mol. The van der Waals surface area contributed by atoms with Crippen molar-refractivity contribution in [3.63, 3.8) is 0 Å². The highest BCUT2D eigenvalue weighted by atomic mass is 16.7. The molecule has 0 spiro atoms. The summed E-state index contributed by atoms with van der Waals surface area (Å²) >= 11 is 0. The Hall–Kier alpha value is -5.29. The molecule has 824 valence electrons. The lowest BCUT2D eigenvalue weighted by molar-refractivity contribution is -0.282. The van der Waals surface area contributed by atoms with Crippen molar-refractivity contribution in [3.05, 3.63) is 0 Å². The van der Waals surface area contributed by atoms with Crippen molar-refractivity contribution >= 4 is 53.5 Å². The Morgan fingerprint density at radius 1 is 0.238 bits per heavy atom. The average molecular weight is 2010 g/mol. The molecule has 0 radical (unpaired) electrons. The molecule has 3 N–H and O–H groups in total. The number of nitrogens with zero attached hydrogens (tertiary/aromatic N) is 22. The standard InChI is InChI=1S/C112H215N25O6/c1-37-49-58-126(87-73-85(13)86(14)132(138-67-43-7)102(15,16)74-87)96-116-93(117-97(122-96)127(59-50-38-2)88-75-103(17,18)133(139-68-44-8)104(19,20)76-88)113-55-64-125(65-56-114-94-118-98(128(60-51-39-3)89-77-105(21,22)134(140-69-45-9)106(23,24)78-89)123-99(119-94)129(61-52-40-4)90-79-107(25,26)135(141-70-46-10)108(27,28)80-90)66-57-115-95-120-100(130(62-53-41-5)91-81-109(29,30)136(142-71-47-11)110(31,32)82-91)124-101(121-95)131(63-54-42-6)92-83-111(33,34)137(143-72-48-12)112(35,36)84-92/h85-92H,37-84H2,1-36H3,(H,113,116,117,122)(H,114,118,119,123)(H,115,120,121,124). The lowest BCUT2D eigenvalue weighted by Crippen LogP contribution is -2.64. The van der Waals surface area contributed by atoms with Crippen LogP contribution in [0.3, 0.4) is 0 Å². The fourth-order valence-corrected chi connectivity index (χ4v) is 25.7. The molecule has 31 heteroatoms. The first-order valence-corrected chi connectivity index (χ1v) is 57.8. The number of rotatable bonds is 60. The van der Waals surface area contributed by atoms with Gasteiger partial charge in [-0.2, -0.15) is 75.2 Å². The molecule has 3 aromatic heterocycles. The maximum absolute atomic E-state index is 6.78. The Bertz CT molecular complexity index is 3790. The van der Waals surface area contributed by atoms with Gasteiger partial charge in [-0.25, -0.2) is 0 Å². The minimum absolute atomic E-state index is 0.111. The molecule has 6 aliphatic rings. The summed E-state index contributed by atoms with van der Waals surface area (Å²) in [6, 6.07) is 0.873. The minimum Gasteiger partial charge on any atom is -0.353 e. The van der Waals surface area contributed by atoms with Gasteiger partial charge in [-0.15, -0.1) is 0 Å². The Balaban J connectivity index is 1.22. The summed E-state index contributed by atoms with van der Waals surface area (Å²) in [7, 11) is 0. The first-order valence-electron chi connectivity index (χ1n) is 57.8. The van der Waals surface area contributed by atoms with E-state index in [1.807, 2.05) is 0 Å². The molecule has 0 bridgehead atoms. The first-order chi connectivity index (χ1) is 67.4. The van der Waals surface area contributed by atoms with Gasteiger partial charge in [0.05, 0.1) is 39.6 Å². The lowest BCUT2D eigenvalue weighted by atomic mass is 9.78. The van der Waals surface area contributed by atoms with Crippen LogP contribution in [0.4, 0.5) is 53.5 Å². The van der Waals surface area contributed by atoms with Gasteiger partial charge in [0.2, 0.25) is 53.5 Å². The number of nitrogens with one attached hydrogen (secondary N) is 3. The number of aromatic nitrogens is 9. The number of unbranched alkanes of at least 4 members (excludes halogenated alkanes) is 6. The summed E-state index contributed by atoms with van der Waals surface area (Å²) in [6.07, 6.45) is 28.3. The first kappa shape index (κ1) is 121. The van der Waals surface area contributed by atoms with E-state index in [0.717, 1.165) is 268 Å². The molecule has 3 aromatic rings. The fourth-order valence-electron chi connectivity index (χ4n) is 25.7. The quantitative estimate of drug-likeness (QED) is 0.0475. The molecule has 31 nitrogen and oxygen atoms in total. The zero-order valence-corrected chi connectivity index (χ0v) is 98.3. The molecule has 3 unspecified atom stereocenters. The third-order valence-electron chi connectivity index (χ3n) is 31.2. The fraction of sp³-hybridized carbons (Fsp3) is 0.920. The van der Waals surface area contributed by atoms with Gasteiger partial charge in [0.25, 0.3) is 0 Å². The van der Waals surface area contributed by atoms with E-state index >= 15 is 0 Å². The van der Waals surface area contributed by atoms with E-state index in [-0.39, 0.29) is 103 Å². The van der Waals surface area contributed by atoms with E-state index in [4.69, 9.17) is 73.9 Å². The highest BCUT2D eigenvalue weighted by Gasteiger charge is 2.56. The third-order valence-corrected chi connectivity index (χ3v) is 31.2. The summed E-state index contributed by atoms with van der Waals surface area (Å²) in [5.74, 6) is 6.41. The van der Waals surface area contributed by atoms with Crippen LogP contribution in [0.15, 0.2) is 0 Å². The van der Waals surface area contributed by atoms with Crippen LogP contribution in [-0.4, -0.2) is 302 Å². The van der Waals surface area contributed by atoms with Gasteiger partial charge in [-0.05, 0) is 319 Å².